The van der Waals surface area contributed by atoms with E-state index in [1.807, 2.05) is 77.1 Å². The molecule has 2 amide bonds. The molecule has 0 radical (unpaired) electrons. The number of anilines is 2. The minimum Gasteiger partial charge on any atom is -0.490 e. The third kappa shape index (κ3) is 7.59. The van der Waals surface area contributed by atoms with Crippen molar-refractivity contribution in [1.29, 1.82) is 5.26 Å². The van der Waals surface area contributed by atoms with Crippen LogP contribution >= 0.6 is 22.6 Å². The number of carbonyl (C=O) groups excluding carboxylic acids is 2. The largest absolute Gasteiger partial charge is 0.490 e. The highest BCUT2D eigenvalue weighted by atomic mass is 127. The first kappa shape index (κ1) is 28.7. The molecule has 0 bridgehead atoms. The molecule has 3 aromatic rings. The molecule has 3 rings (SSSR count). The predicted molar refractivity (Wildman–Crippen MR) is 159 cm³/mol. The Hall–Kier alpha value is -3.84. The van der Waals surface area contributed by atoms with Crippen LogP contribution in [0.4, 0.5) is 11.4 Å². The highest BCUT2D eigenvalue weighted by Gasteiger charge is 2.16. The molecule has 0 spiro atoms. The Morgan fingerprint density at radius 2 is 1.71 bits per heavy atom. The lowest BCUT2D eigenvalue weighted by atomic mass is 10.1. The van der Waals surface area contributed by atoms with Gasteiger partial charge in [0.05, 0.1) is 10.2 Å². The Kier molecular flexibility index (Phi) is 9.91. The van der Waals surface area contributed by atoms with Crippen LogP contribution in [0.5, 0.6) is 11.5 Å². The molecule has 196 valence electrons. The summed E-state index contributed by atoms with van der Waals surface area (Å²) in [6.45, 7) is 9.86. The molecule has 0 aliphatic rings. The maximum atomic E-state index is 12.8. The minimum absolute atomic E-state index is 0.0512. The fraction of sp³-hybridized carbons (Fsp3) is 0.233. The van der Waals surface area contributed by atoms with Crippen molar-refractivity contribution in [3.05, 3.63) is 85.5 Å². The molecule has 7 nitrogen and oxygen atoms in total. The van der Waals surface area contributed by atoms with Crippen molar-refractivity contribution in [2.45, 2.75) is 34.6 Å². The summed E-state index contributed by atoms with van der Waals surface area (Å²) in [5, 5.41) is 15.3. The van der Waals surface area contributed by atoms with Crippen LogP contribution in [0.1, 0.15) is 34.7 Å². The Balaban J connectivity index is 1.78. The van der Waals surface area contributed by atoms with Gasteiger partial charge >= 0.3 is 0 Å². The zero-order valence-corrected chi connectivity index (χ0v) is 24.2. The molecule has 8 heteroatoms. The Morgan fingerprint density at radius 3 is 2.37 bits per heavy atom. The van der Waals surface area contributed by atoms with Gasteiger partial charge in [0.15, 0.2) is 18.1 Å². The second-order valence-electron chi connectivity index (χ2n) is 8.84. The second-order valence-corrected chi connectivity index (χ2v) is 10.0. The van der Waals surface area contributed by atoms with Crippen LogP contribution in [0.3, 0.4) is 0 Å². The number of hydrogen-bond acceptors (Lipinski definition) is 5. The highest BCUT2D eigenvalue weighted by molar-refractivity contribution is 14.1. The van der Waals surface area contributed by atoms with E-state index in [0.717, 1.165) is 22.3 Å². The first-order valence-electron chi connectivity index (χ1n) is 12.1. The van der Waals surface area contributed by atoms with Crippen LogP contribution in [-0.2, 0) is 9.59 Å². The molecule has 0 saturated heterocycles. The lowest BCUT2D eigenvalue weighted by molar-refractivity contribution is -0.118. The average molecular weight is 623 g/mol. The fourth-order valence-corrected chi connectivity index (χ4v) is 4.47. The van der Waals surface area contributed by atoms with E-state index in [1.165, 1.54) is 6.08 Å². The molecule has 2 N–H and O–H groups in total. The summed E-state index contributed by atoms with van der Waals surface area (Å²) in [5.74, 6) is 0.0239. The highest BCUT2D eigenvalue weighted by Crippen LogP contribution is 2.35. The standard InChI is InChI=1S/C30H30IN3O4/c1-6-37-27-15-22(13-23(16-32)30(36)34-26-10-7-18(2)11-21(26)5)14-25(31)29(27)38-17-28(35)33-24-9-8-19(3)20(4)12-24/h7-15H,6,17H2,1-5H3,(H,33,35)(H,34,36)/b23-13+. The van der Waals surface area contributed by atoms with Gasteiger partial charge in [0.25, 0.3) is 11.8 Å². The van der Waals surface area contributed by atoms with Crippen molar-refractivity contribution < 1.29 is 19.1 Å². The predicted octanol–water partition coefficient (Wildman–Crippen LogP) is 6.49. The summed E-state index contributed by atoms with van der Waals surface area (Å²) >= 11 is 2.08. The van der Waals surface area contributed by atoms with E-state index in [0.29, 0.717) is 38.6 Å². The zero-order chi connectivity index (χ0) is 27.8. The number of carbonyl (C=O) groups is 2. The Morgan fingerprint density at radius 1 is 0.947 bits per heavy atom. The number of nitrogens with zero attached hydrogens (tertiary/aromatic N) is 1. The van der Waals surface area contributed by atoms with Crippen molar-refractivity contribution >= 4 is 51.9 Å². The van der Waals surface area contributed by atoms with Gasteiger partial charge in [0.1, 0.15) is 11.6 Å². The van der Waals surface area contributed by atoms with Crippen LogP contribution in [0, 0.1) is 42.6 Å². The SMILES string of the molecule is CCOc1cc(/C=C(\C#N)C(=O)Nc2ccc(C)cc2C)cc(I)c1OCC(=O)Nc1ccc(C)c(C)c1. The van der Waals surface area contributed by atoms with E-state index in [4.69, 9.17) is 9.47 Å². The number of amides is 2. The maximum absolute atomic E-state index is 12.8. The molecule has 0 atom stereocenters. The smallest absolute Gasteiger partial charge is 0.266 e. The molecule has 0 saturated carbocycles. The third-order valence-electron chi connectivity index (χ3n) is 5.78. The molecule has 0 unspecified atom stereocenters. The van der Waals surface area contributed by atoms with Crippen molar-refractivity contribution in [1.82, 2.24) is 0 Å². The summed E-state index contributed by atoms with van der Waals surface area (Å²) in [5.41, 5.74) is 6.11. The van der Waals surface area contributed by atoms with Crippen LogP contribution in [-0.4, -0.2) is 25.0 Å². The average Bonchev–Trinajstić information content (AvgIpc) is 2.86. The number of halogens is 1. The Bertz CT molecular complexity index is 1440. The first-order valence-corrected chi connectivity index (χ1v) is 13.2. The van der Waals surface area contributed by atoms with Gasteiger partial charge in [-0.2, -0.15) is 5.26 Å². The minimum atomic E-state index is -0.504. The monoisotopic (exact) mass is 623 g/mol. The quantitative estimate of drug-likeness (QED) is 0.161. The molecular formula is C30H30IN3O4. The topological polar surface area (TPSA) is 100 Å². The maximum Gasteiger partial charge on any atom is 0.266 e. The van der Waals surface area contributed by atoms with Crippen LogP contribution < -0.4 is 20.1 Å². The normalized spacial score (nSPS) is 10.9. The Labute approximate surface area is 237 Å². The van der Waals surface area contributed by atoms with Crippen molar-refractivity contribution in [3.8, 4) is 17.6 Å². The molecule has 0 aliphatic carbocycles. The molecule has 0 fully saturated rings. The van der Waals surface area contributed by atoms with Gasteiger partial charge in [0.2, 0.25) is 0 Å². The van der Waals surface area contributed by atoms with Gasteiger partial charge in [0, 0.05) is 11.4 Å². The van der Waals surface area contributed by atoms with Gasteiger partial charge in [-0.15, -0.1) is 0 Å². The molecule has 3 aromatic carbocycles. The third-order valence-corrected chi connectivity index (χ3v) is 6.58. The summed E-state index contributed by atoms with van der Waals surface area (Å²) in [7, 11) is 0. The van der Waals surface area contributed by atoms with E-state index >= 15 is 0 Å². The van der Waals surface area contributed by atoms with Gasteiger partial charge < -0.3 is 20.1 Å². The summed E-state index contributed by atoms with van der Waals surface area (Å²) < 4.78 is 12.3. The molecule has 0 aromatic heterocycles. The lowest BCUT2D eigenvalue weighted by Crippen LogP contribution is -2.20. The summed E-state index contributed by atoms with van der Waals surface area (Å²) in [4.78, 5) is 25.3. The number of nitrogens with one attached hydrogen (secondary N) is 2. The zero-order valence-electron chi connectivity index (χ0n) is 22.1. The lowest BCUT2D eigenvalue weighted by Gasteiger charge is -2.15. The molecular weight excluding hydrogens is 593 g/mol. The van der Waals surface area contributed by atoms with E-state index in [-0.39, 0.29) is 18.1 Å². The van der Waals surface area contributed by atoms with Crippen LogP contribution in [0.25, 0.3) is 6.08 Å². The van der Waals surface area contributed by atoms with Crippen molar-refractivity contribution in [2.24, 2.45) is 0 Å². The van der Waals surface area contributed by atoms with E-state index < -0.39 is 5.91 Å². The number of hydrogen-bond donors (Lipinski definition) is 2. The van der Waals surface area contributed by atoms with E-state index in [2.05, 4.69) is 33.2 Å². The summed E-state index contributed by atoms with van der Waals surface area (Å²) in [6, 6.07) is 16.8. The first-order chi connectivity index (χ1) is 18.1. The molecule has 0 heterocycles. The van der Waals surface area contributed by atoms with Crippen molar-refractivity contribution in [3.63, 3.8) is 0 Å². The van der Waals surface area contributed by atoms with Gasteiger partial charge in [-0.3, -0.25) is 9.59 Å². The fourth-order valence-electron chi connectivity index (χ4n) is 3.69. The number of benzene rings is 3. The van der Waals surface area contributed by atoms with Gasteiger partial charge in [-0.25, -0.2) is 0 Å². The number of ether oxygens (including phenoxy) is 2. The number of rotatable bonds is 9. The van der Waals surface area contributed by atoms with Crippen molar-refractivity contribution in [2.75, 3.05) is 23.8 Å². The van der Waals surface area contributed by atoms with Gasteiger partial charge in [-0.05, 0) is 116 Å². The molecule has 0 aliphatic heterocycles. The van der Waals surface area contributed by atoms with Crippen LogP contribution in [0.2, 0.25) is 0 Å². The van der Waals surface area contributed by atoms with E-state index in [1.54, 1.807) is 12.1 Å². The number of aryl methyl sites for hydroxylation is 4. The second kappa shape index (κ2) is 13.1. The van der Waals surface area contributed by atoms with E-state index in [9.17, 15) is 14.9 Å². The van der Waals surface area contributed by atoms with Crippen LogP contribution in [0.15, 0.2) is 54.1 Å². The summed E-state index contributed by atoms with van der Waals surface area (Å²) in [6.07, 6.45) is 1.50. The molecule has 38 heavy (non-hydrogen) atoms. The number of nitriles is 1. The van der Waals surface area contributed by atoms with Gasteiger partial charge in [-0.1, -0.05) is 23.8 Å².